The Hall–Kier alpha value is -1.84. The minimum absolute atomic E-state index is 0.0355. The highest BCUT2D eigenvalue weighted by atomic mass is 32.7. The normalized spacial score (nSPS) is 37.5. The second-order valence-corrected chi connectivity index (χ2v) is 15.4. The molecule has 3 aromatic rings. The number of rotatable bonds is 3. The lowest BCUT2D eigenvalue weighted by Gasteiger charge is -2.26. The van der Waals surface area contributed by atoms with Gasteiger partial charge in [0.2, 0.25) is 5.88 Å². The molecule has 4 heterocycles. The van der Waals surface area contributed by atoms with Crippen molar-refractivity contribution in [2.75, 3.05) is 13.2 Å². The molecule has 1 saturated heterocycles. The first-order valence-corrected chi connectivity index (χ1v) is 17.6. The largest absolute Gasteiger partial charge is 0.474 e. The molecular formula is C20H25N7O8P2S2. The number of nitrogens with one attached hydrogen (secondary N) is 1. The zero-order chi connectivity index (χ0) is 27.2. The zero-order valence-corrected chi connectivity index (χ0v) is 23.8. The Morgan fingerprint density at radius 1 is 1.03 bits per heavy atom. The average molecular weight is 618 g/mol. The Morgan fingerprint density at radius 3 is 2.62 bits per heavy atom. The third kappa shape index (κ3) is 6.10. The highest BCUT2D eigenvalue weighted by Gasteiger charge is 2.46. The van der Waals surface area contributed by atoms with E-state index in [0.29, 0.717) is 31.6 Å². The van der Waals surface area contributed by atoms with Crippen LogP contribution in [0.3, 0.4) is 0 Å². The van der Waals surface area contributed by atoms with E-state index in [1.165, 1.54) is 17.3 Å². The predicted octanol–water partition coefficient (Wildman–Crippen LogP) is 3.01. The Kier molecular flexibility index (Phi) is 7.61. The lowest BCUT2D eigenvalue weighted by molar-refractivity contribution is 0.0851. The van der Waals surface area contributed by atoms with Crippen molar-refractivity contribution in [2.24, 2.45) is 11.8 Å². The first-order chi connectivity index (χ1) is 18.7. The number of H-pyrrole nitrogens is 1. The molecule has 0 amide bonds. The van der Waals surface area contributed by atoms with Crippen molar-refractivity contribution in [3.8, 4) is 5.88 Å². The summed E-state index contributed by atoms with van der Waals surface area (Å²) in [4.78, 5) is 26.7. The molecule has 0 radical (unpaired) electrons. The van der Waals surface area contributed by atoms with Gasteiger partial charge in [0.05, 0.1) is 37.8 Å². The van der Waals surface area contributed by atoms with Crippen LogP contribution < -0.4 is 10.3 Å². The molecule has 1 aliphatic heterocycles. The lowest BCUT2D eigenvalue weighted by Crippen LogP contribution is -2.24. The minimum Gasteiger partial charge on any atom is -0.474 e. The predicted molar refractivity (Wildman–Crippen MR) is 142 cm³/mol. The number of hydrogen-bond acceptors (Lipinski definition) is 13. The molecule has 15 nitrogen and oxygen atoms in total. The maximum Gasteiger partial charge on any atom is 0.386 e. The van der Waals surface area contributed by atoms with Crippen LogP contribution in [0.4, 0.5) is 0 Å². The van der Waals surface area contributed by atoms with Crippen LogP contribution in [-0.4, -0.2) is 66.5 Å². The van der Waals surface area contributed by atoms with E-state index >= 15 is 0 Å². The molecule has 3 aliphatic rings. The van der Waals surface area contributed by atoms with Gasteiger partial charge in [0, 0.05) is 24.6 Å². The number of fused-ring (bicyclic) bond motifs is 4. The van der Waals surface area contributed by atoms with Gasteiger partial charge in [-0.25, -0.2) is 28.8 Å². The third-order valence-electron chi connectivity index (χ3n) is 7.04. The van der Waals surface area contributed by atoms with E-state index in [4.69, 9.17) is 22.8 Å². The molecule has 0 spiro atoms. The van der Waals surface area contributed by atoms with Crippen LogP contribution in [-0.2, 0) is 27.2 Å². The van der Waals surface area contributed by atoms with E-state index < -0.39 is 37.4 Å². The minimum atomic E-state index is -3.88. The summed E-state index contributed by atoms with van der Waals surface area (Å²) in [6.45, 7) is -7.69. The van der Waals surface area contributed by atoms with Crippen LogP contribution >= 0.6 is 38.1 Å². The van der Waals surface area contributed by atoms with Crippen LogP contribution in [0.25, 0.3) is 11.2 Å². The Balaban J connectivity index is 1.24. The number of aromatic amines is 1. The Bertz CT molecular complexity index is 1500. The average Bonchev–Trinajstić information content (AvgIpc) is 3.59. The molecule has 2 aliphatic carbocycles. The van der Waals surface area contributed by atoms with Gasteiger partial charge in [0.15, 0.2) is 11.2 Å². The number of thiol groups is 2. The smallest absolute Gasteiger partial charge is 0.386 e. The zero-order valence-electron chi connectivity index (χ0n) is 20.3. The van der Waals surface area contributed by atoms with Crippen LogP contribution in [0, 0.1) is 11.8 Å². The van der Waals surface area contributed by atoms with Gasteiger partial charge < -0.3 is 18.8 Å². The highest BCUT2D eigenvalue weighted by molar-refractivity contribution is 8.44. The summed E-state index contributed by atoms with van der Waals surface area (Å²) in [5.74, 6) is -0.181. The van der Waals surface area contributed by atoms with Crippen LogP contribution in [0.5, 0.6) is 5.88 Å². The van der Waals surface area contributed by atoms with Crippen LogP contribution in [0.1, 0.15) is 31.7 Å². The number of nitrogens with zero attached hydrogens (tertiary/aromatic N) is 6. The van der Waals surface area contributed by atoms with E-state index in [2.05, 4.69) is 54.7 Å². The number of ether oxygens (including phenoxy) is 1. The van der Waals surface area contributed by atoms with E-state index in [9.17, 15) is 13.9 Å². The van der Waals surface area contributed by atoms with Gasteiger partial charge in [-0.1, -0.05) is 29.7 Å². The van der Waals surface area contributed by atoms with Crippen molar-refractivity contribution in [2.45, 2.75) is 50.0 Å². The van der Waals surface area contributed by atoms with E-state index in [0.717, 1.165) is 0 Å². The molecule has 2 bridgehead atoms. The van der Waals surface area contributed by atoms with Crippen LogP contribution in [0.2, 0.25) is 0 Å². The van der Waals surface area contributed by atoms with Crippen molar-refractivity contribution >= 4 is 49.3 Å². The van der Waals surface area contributed by atoms with Crippen molar-refractivity contribution < 1.29 is 32.0 Å². The Morgan fingerprint density at radius 2 is 1.82 bits per heavy atom. The van der Waals surface area contributed by atoms with Gasteiger partial charge >= 0.3 is 13.6 Å². The summed E-state index contributed by atoms with van der Waals surface area (Å²) in [6, 6.07) is 1.11. The molecule has 0 aromatic carbocycles. The van der Waals surface area contributed by atoms with Crippen LogP contribution in [0.15, 0.2) is 29.7 Å². The molecule has 39 heavy (non-hydrogen) atoms. The quantitative estimate of drug-likeness (QED) is 0.288. The summed E-state index contributed by atoms with van der Waals surface area (Å²) in [5.41, 5.74) is -0.121. The molecule has 8 atom stereocenters. The number of hydrogen-bond donors (Lipinski definition) is 3. The third-order valence-corrected chi connectivity index (χ3v) is 10.3. The van der Waals surface area contributed by atoms with Gasteiger partial charge in [-0.05, 0) is 25.2 Å². The molecule has 2 unspecified atom stereocenters. The maximum absolute atomic E-state index is 13.4. The molecule has 2 saturated carbocycles. The van der Waals surface area contributed by atoms with Crippen molar-refractivity contribution in [3.05, 3.63) is 35.3 Å². The lowest BCUT2D eigenvalue weighted by atomic mass is 10.1. The Labute approximate surface area is 232 Å². The second kappa shape index (κ2) is 10.9. The standard InChI is InChI=1S/C20H25N7O8P2S2/c28-20-18-19(23-10-24-20)27(26-25-18)14-3-11-4-16(14)35-37(30,39)32-8-12-5-13(33-17-1-2-21-9-22-17)6-15(12)34-36(29,38)31-7-11/h1-2,9-16H,3-8H2,(H,29,38)(H,30,39)(H,23,24,28)/t11-,12+,13+,14+,15-,16+,36?,37?/m0/s1. The summed E-state index contributed by atoms with van der Waals surface area (Å²) in [7, 11) is 0. The monoisotopic (exact) mass is 617 g/mol. The number of aromatic nitrogens is 7. The summed E-state index contributed by atoms with van der Waals surface area (Å²) in [5, 5.41) is 8.05. The van der Waals surface area contributed by atoms with E-state index in [1.54, 1.807) is 12.3 Å². The fourth-order valence-corrected chi connectivity index (χ4v) is 8.53. The van der Waals surface area contributed by atoms with Gasteiger partial charge in [0.25, 0.3) is 5.56 Å². The van der Waals surface area contributed by atoms with Gasteiger partial charge in [0.1, 0.15) is 12.4 Å². The van der Waals surface area contributed by atoms with Crippen molar-refractivity contribution in [1.29, 1.82) is 0 Å². The molecule has 19 heteroatoms. The summed E-state index contributed by atoms with van der Waals surface area (Å²) in [6.07, 6.45) is 4.14. The molecule has 1 N–H and O–H groups in total. The first-order valence-electron chi connectivity index (χ1n) is 12.2. The van der Waals surface area contributed by atoms with Gasteiger partial charge in [-0.2, -0.15) is 0 Å². The van der Waals surface area contributed by atoms with E-state index in [1.807, 2.05) is 0 Å². The molecule has 3 fully saturated rings. The van der Waals surface area contributed by atoms with Crippen molar-refractivity contribution in [1.82, 2.24) is 34.9 Å². The molecular weight excluding hydrogens is 592 g/mol. The molecule has 210 valence electrons. The first kappa shape index (κ1) is 27.3. The molecule has 3 aromatic heterocycles. The SMILES string of the molecule is O=c1[nH]cnc2c1nnn2[C@@H]1C[C@@H]2COP(=O)(S)O[C@H]3C[C@H](Oc4ccncn4)C[C@@H]3COP(=O)(S)O[C@@H]1C2. The fraction of sp³-hybridized carbons (Fsp3) is 0.600. The second-order valence-electron chi connectivity index (χ2n) is 9.68. The molecule has 6 rings (SSSR count). The van der Waals surface area contributed by atoms with Gasteiger partial charge in [-0.15, -0.1) is 5.10 Å². The topological polar surface area (TPSA) is 183 Å². The van der Waals surface area contributed by atoms with E-state index in [-0.39, 0.29) is 42.3 Å². The summed E-state index contributed by atoms with van der Waals surface area (Å²) < 4.78 is 57.2. The maximum atomic E-state index is 13.4. The summed E-state index contributed by atoms with van der Waals surface area (Å²) >= 11 is 8.46. The highest BCUT2D eigenvalue weighted by Crippen LogP contribution is 2.61. The van der Waals surface area contributed by atoms with Crippen molar-refractivity contribution in [3.63, 3.8) is 0 Å². The fourth-order valence-electron chi connectivity index (χ4n) is 5.33. The van der Waals surface area contributed by atoms with Gasteiger partial charge in [-0.3, -0.25) is 13.8 Å².